The zero-order chi connectivity index (χ0) is 18.8. The first-order chi connectivity index (χ1) is 12.4. The van der Waals surface area contributed by atoms with E-state index >= 15 is 0 Å². The zero-order valence-electron chi connectivity index (χ0n) is 14.6. The van der Waals surface area contributed by atoms with Gasteiger partial charge in [-0.1, -0.05) is 30.3 Å². The van der Waals surface area contributed by atoms with Gasteiger partial charge in [0.25, 0.3) is 0 Å². The Labute approximate surface area is 158 Å². The number of carboxylic acid groups (broad SMARTS) is 1. The summed E-state index contributed by atoms with van der Waals surface area (Å²) in [5, 5.41) is 9.81. The molecule has 2 fully saturated rings. The molecule has 3 atom stereocenters. The molecule has 6 heteroatoms. The Balaban J connectivity index is 1.98. The normalized spacial score (nSPS) is 24.2. The largest absolute Gasteiger partial charge is 0.481 e. The maximum atomic E-state index is 13.2. The highest BCUT2D eigenvalue weighted by Crippen LogP contribution is 2.46. The fourth-order valence-corrected chi connectivity index (χ4v) is 4.02. The van der Waals surface area contributed by atoms with Crippen LogP contribution in [0.5, 0.6) is 0 Å². The lowest BCUT2D eigenvalue weighted by molar-refractivity contribution is -0.151. The van der Waals surface area contributed by atoms with E-state index in [1.54, 1.807) is 0 Å². The van der Waals surface area contributed by atoms with E-state index in [9.17, 15) is 9.59 Å². The number of benzene rings is 1. The van der Waals surface area contributed by atoms with Crippen LogP contribution in [0.15, 0.2) is 41.5 Å². The molecule has 1 aliphatic carbocycles. The van der Waals surface area contributed by atoms with Gasteiger partial charge in [-0.25, -0.2) is 0 Å². The van der Waals surface area contributed by atoms with Crippen LogP contribution in [0.25, 0.3) is 0 Å². The van der Waals surface area contributed by atoms with Crippen LogP contribution in [-0.2, 0) is 9.59 Å². The van der Waals surface area contributed by atoms with Crippen molar-refractivity contribution < 1.29 is 14.7 Å². The first-order valence-corrected chi connectivity index (χ1v) is 9.25. The van der Waals surface area contributed by atoms with E-state index in [-0.39, 0.29) is 24.4 Å². The Bertz CT molecular complexity index is 727. The predicted octanol–water partition coefficient (Wildman–Crippen LogP) is 4.09. The van der Waals surface area contributed by atoms with Gasteiger partial charge in [0, 0.05) is 10.9 Å². The number of aliphatic carboxylic acids is 1. The lowest BCUT2D eigenvalue weighted by atomic mass is 9.84. The van der Waals surface area contributed by atoms with Crippen LogP contribution in [0.2, 0.25) is 5.02 Å². The highest BCUT2D eigenvalue weighted by Gasteiger charge is 2.46. The Kier molecular flexibility index (Phi) is 5.47. The molecule has 1 saturated heterocycles. The van der Waals surface area contributed by atoms with Gasteiger partial charge in [-0.2, -0.15) is 0 Å². The van der Waals surface area contributed by atoms with E-state index in [0.29, 0.717) is 29.5 Å². The van der Waals surface area contributed by atoms with Gasteiger partial charge >= 0.3 is 5.97 Å². The van der Waals surface area contributed by atoms with Crippen molar-refractivity contribution in [3.05, 3.63) is 47.1 Å². The topological polar surface area (TPSA) is 70.0 Å². The number of amides is 1. The molecule has 1 unspecified atom stereocenters. The van der Waals surface area contributed by atoms with E-state index in [4.69, 9.17) is 16.7 Å². The van der Waals surface area contributed by atoms with Crippen molar-refractivity contribution in [3.63, 3.8) is 0 Å². The fourth-order valence-electron chi connectivity index (χ4n) is 3.89. The monoisotopic (exact) mass is 374 g/mol. The number of carbonyl (C=O) groups is 2. The van der Waals surface area contributed by atoms with Gasteiger partial charge in [0.1, 0.15) is 0 Å². The van der Waals surface area contributed by atoms with Crippen LogP contribution in [0.3, 0.4) is 0 Å². The van der Waals surface area contributed by atoms with Crippen LogP contribution >= 0.6 is 11.6 Å². The Morgan fingerprint density at radius 1 is 1.27 bits per heavy atom. The summed E-state index contributed by atoms with van der Waals surface area (Å²) >= 11 is 6.01. The fraction of sp³-hybridized carbons (Fsp3) is 0.450. The molecule has 1 heterocycles. The van der Waals surface area contributed by atoms with Gasteiger partial charge in [-0.15, -0.1) is 0 Å². The second-order valence-electron chi connectivity index (χ2n) is 7.12. The van der Waals surface area contributed by atoms with Crippen molar-refractivity contribution in [3.8, 4) is 0 Å². The third kappa shape index (κ3) is 3.83. The molecule has 2 aliphatic rings. The zero-order valence-corrected chi connectivity index (χ0v) is 15.4. The van der Waals surface area contributed by atoms with Gasteiger partial charge in [0.2, 0.25) is 5.91 Å². The number of hydrogen-bond donors (Lipinski definition) is 1. The molecule has 1 aromatic rings. The maximum absolute atomic E-state index is 13.2. The van der Waals surface area contributed by atoms with Gasteiger partial charge in [-0.3, -0.25) is 14.6 Å². The molecule has 0 spiro atoms. The van der Waals surface area contributed by atoms with E-state index in [0.717, 1.165) is 18.4 Å². The van der Waals surface area contributed by atoms with Crippen molar-refractivity contribution in [1.29, 1.82) is 0 Å². The average Bonchev–Trinajstić information content (AvgIpc) is 3.43. The summed E-state index contributed by atoms with van der Waals surface area (Å²) in [5.41, 5.74) is 1.58. The summed E-state index contributed by atoms with van der Waals surface area (Å²) in [6.07, 6.45) is 3.15. The van der Waals surface area contributed by atoms with Gasteiger partial charge in [-0.05, 0) is 56.0 Å². The molecular formula is C20H23ClN2O3. The molecule has 1 amide bonds. The van der Waals surface area contributed by atoms with Crippen LogP contribution in [0, 0.1) is 11.8 Å². The van der Waals surface area contributed by atoms with E-state index in [1.807, 2.05) is 29.2 Å². The molecule has 0 aromatic heterocycles. The number of likely N-dealkylation sites (tertiary alicyclic amines) is 1. The predicted molar refractivity (Wildman–Crippen MR) is 101 cm³/mol. The third-order valence-electron chi connectivity index (χ3n) is 5.32. The number of rotatable bonds is 7. The summed E-state index contributed by atoms with van der Waals surface area (Å²) in [7, 11) is 0. The third-order valence-corrected chi connectivity index (χ3v) is 5.57. The number of nitrogens with zero attached hydrogens (tertiary/aromatic N) is 2. The number of halogens is 1. The highest BCUT2D eigenvalue weighted by atomic mass is 35.5. The molecule has 5 nitrogen and oxygen atoms in total. The summed E-state index contributed by atoms with van der Waals surface area (Å²) in [5.74, 6) is -1.26. The summed E-state index contributed by atoms with van der Waals surface area (Å²) in [4.78, 5) is 30.3. The van der Waals surface area contributed by atoms with Crippen LogP contribution < -0.4 is 0 Å². The summed E-state index contributed by atoms with van der Waals surface area (Å²) in [6.45, 7) is 7.60. The SMILES string of the molecule is C=NC(=C)C(C1CC1)N1C(=O)[C@@H](CC(=O)O)CC[C@H]1c1ccc(Cl)cc1. The molecule has 1 saturated carbocycles. The van der Waals surface area contributed by atoms with Crippen molar-refractivity contribution >= 4 is 30.2 Å². The summed E-state index contributed by atoms with van der Waals surface area (Å²) < 4.78 is 0. The van der Waals surface area contributed by atoms with Gasteiger partial charge in [0.15, 0.2) is 0 Å². The molecule has 1 N–H and O–H groups in total. The Hall–Kier alpha value is -2.14. The van der Waals surface area contributed by atoms with Crippen molar-refractivity contribution in [2.24, 2.45) is 16.8 Å². The first-order valence-electron chi connectivity index (χ1n) is 8.87. The van der Waals surface area contributed by atoms with E-state index < -0.39 is 11.9 Å². The summed E-state index contributed by atoms with van der Waals surface area (Å²) in [6, 6.07) is 7.13. The Morgan fingerprint density at radius 2 is 1.92 bits per heavy atom. The minimum atomic E-state index is -0.947. The van der Waals surface area contributed by atoms with Crippen molar-refractivity contribution in [2.75, 3.05) is 0 Å². The van der Waals surface area contributed by atoms with Crippen LogP contribution in [0.1, 0.15) is 43.7 Å². The second kappa shape index (κ2) is 7.62. The molecule has 0 radical (unpaired) electrons. The standard InChI is InChI=1S/C20H23ClN2O3/c1-12(22-2)19(14-3-4-14)23-17(13-5-8-16(21)9-6-13)10-7-15(20(23)26)11-18(24)25/h5-6,8-9,14-15,17,19H,1-4,7,10-11H2,(H,24,25)/t15-,17+,19?/m1/s1. The second-order valence-corrected chi connectivity index (χ2v) is 7.55. The van der Waals surface area contributed by atoms with Crippen molar-refractivity contribution in [2.45, 2.75) is 44.2 Å². The van der Waals surface area contributed by atoms with Crippen LogP contribution in [0.4, 0.5) is 0 Å². The molecule has 26 heavy (non-hydrogen) atoms. The molecule has 3 rings (SSSR count). The lowest BCUT2D eigenvalue weighted by Gasteiger charge is -2.44. The lowest BCUT2D eigenvalue weighted by Crippen LogP contribution is -2.50. The highest BCUT2D eigenvalue weighted by molar-refractivity contribution is 6.30. The average molecular weight is 375 g/mol. The number of carbonyl (C=O) groups excluding carboxylic acids is 1. The molecule has 1 aromatic carbocycles. The molecule has 1 aliphatic heterocycles. The Morgan fingerprint density at radius 3 is 2.46 bits per heavy atom. The number of hydrogen-bond acceptors (Lipinski definition) is 3. The maximum Gasteiger partial charge on any atom is 0.304 e. The first kappa shape index (κ1) is 18.6. The van der Waals surface area contributed by atoms with Gasteiger partial charge < -0.3 is 10.0 Å². The number of piperidine rings is 1. The van der Waals surface area contributed by atoms with Crippen LogP contribution in [-0.4, -0.2) is 34.6 Å². The van der Waals surface area contributed by atoms with Gasteiger partial charge in [0.05, 0.1) is 24.2 Å². The molecule has 0 bridgehead atoms. The number of carboxylic acids is 1. The smallest absolute Gasteiger partial charge is 0.304 e. The quantitative estimate of drug-likeness (QED) is 0.731. The molecule has 138 valence electrons. The minimum Gasteiger partial charge on any atom is -0.481 e. The van der Waals surface area contributed by atoms with E-state index in [2.05, 4.69) is 18.3 Å². The van der Waals surface area contributed by atoms with Crippen molar-refractivity contribution in [1.82, 2.24) is 4.90 Å². The molecular weight excluding hydrogens is 352 g/mol. The van der Waals surface area contributed by atoms with E-state index in [1.165, 1.54) is 0 Å². The number of aliphatic imine (C=N–C) groups is 1. The minimum absolute atomic E-state index is 0.125.